The van der Waals surface area contributed by atoms with Crippen LogP contribution in [0.1, 0.15) is 67.9 Å². The molecule has 2 fully saturated rings. The van der Waals surface area contributed by atoms with Gasteiger partial charge in [-0.1, -0.05) is 37.5 Å². The van der Waals surface area contributed by atoms with E-state index < -0.39 is 0 Å². The zero-order valence-electron chi connectivity index (χ0n) is 17.9. The standard InChI is InChI=1S/C22H31N5O2S/c1-3-20-25-26-22(30-20)24-17-11-15(2)23-18(13-17)19-14-27(9-10-29-19)21(28)12-16-7-5-4-6-8-16/h11,13,16,19H,3-10,12,14H2,1-2H3,(H,23,24,26)/t19-/m1/s1. The number of rotatable bonds is 6. The van der Waals surface area contributed by atoms with Crippen molar-refractivity contribution in [3.8, 4) is 0 Å². The number of hydrogen-bond donors (Lipinski definition) is 1. The lowest BCUT2D eigenvalue weighted by molar-refractivity contribution is -0.140. The Kier molecular flexibility index (Phi) is 6.94. The molecule has 8 heteroatoms. The Labute approximate surface area is 182 Å². The minimum absolute atomic E-state index is 0.199. The third kappa shape index (κ3) is 5.35. The molecule has 0 unspecified atom stereocenters. The van der Waals surface area contributed by atoms with Crippen molar-refractivity contribution in [2.45, 2.75) is 64.9 Å². The first-order valence-electron chi connectivity index (χ1n) is 11.1. The molecule has 1 N–H and O–H groups in total. The lowest BCUT2D eigenvalue weighted by Gasteiger charge is -2.34. The van der Waals surface area contributed by atoms with Crippen LogP contribution in [0.25, 0.3) is 0 Å². The summed E-state index contributed by atoms with van der Waals surface area (Å²) in [4.78, 5) is 19.5. The minimum Gasteiger partial charge on any atom is -0.368 e. The molecule has 1 saturated carbocycles. The summed E-state index contributed by atoms with van der Waals surface area (Å²) in [6.07, 6.45) is 7.59. The molecule has 4 rings (SSSR count). The maximum atomic E-state index is 12.9. The number of carbonyl (C=O) groups is 1. The van der Waals surface area contributed by atoms with Gasteiger partial charge in [-0.05, 0) is 44.2 Å². The Bertz CT molecular complexity index is 865. The molecule has 0 spiro atoms. The van der Waals surface area contributed by atoms with Crippen LogP contribution in [0.5, 0.6) is 0 Å². The van der Waals surface area contributed by atoms with Crippen LogP contribution in [0, 0.1) is 12.8 Å². The first-order valence-corrected chi connectivity index (χ1v) is 11.9. The number of carbonyl (C=O) groups excluding carboxylic acids is 1. The molecule has 1 aliphatic carbocycles. The van der Waals surface area contributed by atoms with Gasteiger partial charge in [-0.15, -0.1) is 10.2 Å². The highest BCUT2D eigenvalue weighted by Gasteiger charge is 2.28. The number of aromatic nitrogens is 3. The number of hydrogen-bond acceptors (Lipinski definition) is 7. The second kappa shape index (κ2) is 9.83. The number of nitrogens with one attached hydrogen (secondary N) is 1. The van der Waals surface area contributed by atoms with E-state index in [1.807, 2.05) is 24.0 Å². The lowest BCUT2D eigenvalue weighted by Crippen LogP contribution is -2.43. The molecule has 30 heavy (non-hydrogen) atoms. The topological polar surface area (TPSA) is 80.2 Å². The van der Waals surface area contributed by atoms with Crippen molar-refractivity contribution in [2.24, 2.45) is 5.92 Å². The monoisotopic (exact) mass is 429 g/mol. The molecule has 0 bridgehead atoms. The molecule has 2 aromatic heterocycles. The zero-order chi connectivity index (χ0) is 20.9. The molecule has 1 saturated heterocycles. The fraction of sp³-hybridized carbons (Fsp3) is 0.636. The molecule has 0 radical (unpaired) electrons. The normalized spacial score (nSPS) is 20.3. The summed E-state index contributed by atoms with van der Waals surface area (Å²) in [7, 11) is 0. The number of aryl methyl sites for hydroxylation is 2. The van der Waals surface area contributed by atoms with Crippen molar-refractivity contribution in [3.05, 3.63) is 28.5 Å². The Balaban J connectivity index is 1.42. The van der Waals surface area contributed by atoms with E-state index in [1.165, 1.54) is 32.1 Å². The van der Waals surface area contributed by atoms with E-state index in [2.05, 4.69) is 22.4 Å². The highest BCUT2D eigenvalue weighted by Crippen LogP contribution is 2.29. The summed E-state index contributed by atoms with van der Waals surface area (Å²) in [6.45, 7) is 5.83. The summed E-state index contributed by atoms with van der Waals surface area (Å²) < 4.78 is 6.01. The third-order valence-electron chi connectivity index (χ3n) is 5.93. The Morgan fingerprint density at radius 1 is 1.27 bits per heavy atom. The van der Waals surface area contributed by atoms with Crippen molar-refractivity contribution in [1.82, 2.24) is 20.1 Å². The van der Waals surface area contributed by atoms with Gasteiger partial charge in [0.05, 0.1) is 18.8 Å². The Morgan fingerprint density at radius 2 is 2.10 bits per heavy atom. The molecule has 162 valence electrons. The summed E-state index contributed by atoms with van der Waals surface area (Å²) in [6, 6.07) is 3.99. The molecule has 2 aliphatic rings. The van der Waals surface area contributed by atoms with Gasteiger partial charge in [-0.2, -0.15) is 0 Å². The molecular formula is C22H31N5O2S. The van der Waals surface area contributed by atoms with Gasteiger partial charge in [-0.3, -0.25) is 9.78 Å². The van der Waals surface area contributed by atoms with Crippen molar-refractivity contribution in [3.63, 3.8) is 0 Å². The minimum atomic E-state index is -0.199. The van der Waals surface area contributed by atoms with Crippen LogP contribution in [0.15, 0.2) is 12.1 Å². The molecule has 1 amide bonds. The van der Waals surface area contributed by atoms with Crippen LogP contribution < -0.4 is 5.32 Å². The van der Waals surface area contributed by atoms with Gasteiger partial charge in [0, 0.05) is 24.3 Å². The number of ether oxygens (including phenoxy) is 1. The van der Waals surface area contributed by atoms with Gasteiger partial charge >= 0.3 is 0 Å². The third-order valence-corrected chi connectivity index (χ3v) is 6.91. The first-order chi connectivity index (χ1) is 14.6. The van der Waals surface area contributed by atoms with E-state index in [1.54, 1.807) is 11.3 Å². The maximum absolute atomic E-state index is 12.9. The number of nitrogens with zero attached hydrogens (tertiary/aromatic N) is 4. The van der Waals surface area contributed by atoms with Gasteiger partial charge in [0.15, 0.2) is 0 Å². The van der Waals surface area contributed by atoms with E-state index in [0.29, 0.717) is 32.0 Å². The molecule has 2 aromatic rings. The fourth-order valence-corrected chi connectivity index (χ4v) is 5.02. The highest BCUT2D eigenvalue weighted by atomic mass is 32.1. The summed E-state index contributed by atoms with van der Waals surface area (Å²) >= 11 is 1.56. The first kappa shape index (κ1) is 21.2. The van der Waals surface area contributed by atoms with Gasteiger partial charge in [0.1, 0.15) is 11.1 Å². The quantitative estimate of drug-likeness (QED) is 0.732. The summed E-state index contributed by atoms with van der Waals surface area (Å²) in [5.41, 5.74) is 2.68. The van der Waals surface area contributed by atoms with Crippen molar-refractivity contribution >= 4 is 28.1 Å². The number of pyridine rings is 1. The van der Waals surface area contributed by atoms with Crippen LogP contribution in [0.3, 0.4) is 0 Å². The van der Waals surface area contributed by atoms with E-state index >= 15 is 0 Å². The lowest BCUT2D eigenvalue weighted by atomic mass is 9.86. The number of anilines is 2. The van der Waals surface area contributed by atoms with Crippen LogP contribution >= 0.6 is 11.3 Å². The second-order valence-electron chi connectivity index (χ2n) is 8.31. The highest BCUT2D eigenvalue weighted by molar-refractivity contribution is 7.15. The van der Waals surface area contributed by atoms with Crippen LogP contribution in [0.4, 0.5) is 10.8 Å². The smallest absolute Gasteiger partial charge is 0.223 e. The number of morpholine rings is 1. The second-order valence-corrected chi connectivity index (χ2v) is 9.37. The largest absolute Gasteiger partial charge is 0.368 e. The SMILES string of the molecule is CCc1nnc(Nc2cc(C)nc([C@H]3CN(C(=O)CC4CCCCC4)CCO3)c2)s1. The van der Waals surface area contributed by atoms with E-state index in [-0.39, 0.29) is 12.0 Å². The van der Waals surface area contributed by atoms with E-state index in [0.717, 1.165) is 33.6 Å². The van der Waals surface area contributed by atoms with E-state index in [4.69, 9.17) is 9.72 Å². The average molecular weight is 430 g/mol. The molecule has 1 aliphatic heterocycles. The predicted octanol–water partition coefficient (Wildman–Crippen LogP) is 4.42. The average Bonchev–Trinajstić information content (AvgIpc) is 3.21. The summed E-state index contributed by atoms with van der Waals surface area (Å²) in [5.74, 6) is 0.822. The predicted molar refractivity (Wildman–Crippen MR) is 118 cm³/mol. The number of amides is 1. The molecule has 3 heterocycles. The van der Waals surface area contributed by atoms with Crippen molar-refractivity contribution in [1.29, 1.82) is 0 Å². The molecule has 7 nitrogen and oxygen atoms in total. The molecule has 1 atom stereocenters. The van der Waals surface area contributed by atoms with Gasteiger partial charge < -0.3 is 15.0 Å². The van der Waals surface area contributed by atoms with Crippen molar-refractivity contribution in [2.75, 3.05) is 25.0 Å². The summed E-state index contributed by atoms with van der Waals surface area (Å²) in [5, 5.41) is 13.5. The van der Waals surface area contributed by atoms with Gasteiger partial charge in [-0.25, -0.2) is 0 Å². The molecule has 0 aromatic carbocycles. The van der Waals surface area contributed by atoms with Gasteiger partial charge in [0.25, 0.3) is 0 Å². The zero-order valence-corrected chi connectivity index (χ0v) is 18.7. The van der Waals surface area contributed by atoms with E-state index in [9.17, 15) is 4.79 Å². The fourth-order valence-electron chi connectivity index (χ4n) is 4.32. The van der Waals surface area contributed by atoms with Crippen molar-refractivity contribution < 1.29 is 9.53 Å². The van der Waals surface area contributed by atoms with Crippen LogP contribution in [-0.2, 0) is 16.0 Å². The van der Waals surface area contributed by atoms with Crippen LogP contribution in [0.2, 0.25) is 0 Å². The van der Waals surface area contributed by atoms with Crippen LogP contribution in [-0.4, -0.2) is 45.7 Å². The Morgan fingerprint density at radius 3 is 2.87 bits per heavy atom. The maximum Gasteiger partial charge on any atom is 0.223 e. The Hall–Kier alpha value is -2.06. The molecular weight excluding hydrogens is 398 g/mol. The van der Waals surface area contributed by atoms with Gasteiger partial charge in [0.2, 0.25) is 11.0 Å².